The molecule has 5 rings (SSSR count). The summed E-state index contributed by atoms with van der Waals surface area (Å²) < 4.78 is 0. The van der Waals surface area contributed by atoms with Crippen LogP contribution >= 0.6 is 0 Å². The Balaban J connectivity index is 1.41. The number of hydrogen-bond acceptors (Lipinski definition) is 2. The zero-order valence-corrected chi connectivity index (χ0v) is 13.0. The summed E-state index contributed by atoms with van der Waals surface area (Å²) in [6.07, 6.45) is 13.5. The van der Waals surface area contributed by atoms with E-state index in [0.717, 1.165) is 30.6 Å². The van der Waals surface area contributed by atoms with Crippen LogP contribution in [0.15, 0.2) is 0 Å². The highest BCUT2D eigenvalue weighted by Gasteiger charge is 2.53. The molecule has 2 heteroatoms. The molecule has 0 heterocycles. The van der Waals surface area contributed by atoms with Crippen LogP contribution in [0, 0.1) is 23.2 Å². The molecule has 1 unspecified atom stereocenters. The van der Waals surface area contributed by atoms with Crippen molar-refractivity contribution in [3.63, 3.8) is 0 Å². The molecule has 5 aliphatic carbocycles. The van der Waals surface area contributed by atoms with Crippen LogP contribution in [-0.2, 0) is 0 Å². The molecule has 114 valence electrons. The number of rotatable bonds is 3. The Labute approximate surface area is 123 Å². The first-order valence-electron chi connectivity index (χ1n) is 9.07. The molecule has 0 saturated heterocycles. The van der Waals surface area contributed by atoms with Crippen molar-refractivity contribution >= 4 is 0 Å². The van der Waals surface area contributed by atoms with Gasteiger partial charge in [-0.05, 0) is 94.3 Å². The van der Waals surface area contributed by atoms with E-state index in [1.54, 1.807) is 19.3 Å². The van der Waals surface area contributed by atoms with Crippen molar-refractivity contribution in [3.8, 4) is 0 Å². The number of nitrogens with one attached hydrogen (secondary N) is 1. The summed E-state index contributed by atoms with van der Waals surface area (Å²) in [6, 6.07) is 1.36. The Bertz CT molecular complexity index is 323. The van der Waals surface area contributed by atoms with Crippen LogP contribution in [0.3, 0.4) is 0 Å². The van der Waals surface area contributed by atoms with E-state index >= 15 is 0 Å². The molecule has 0 aliphatic heterocycles. The molecule has 0 aromatic heterocycles. The van der Waals surface area contributed by atoms with Crippen molar-refractivity contribution in [1.82, 2.24) is 5.32 Å². The first-order valence-corrected chi connectivity index (χ1v) is 9.07. The molecule has 20 heavy (non-hydrogen) atoms. The summed E-state index contributed by atoms with van der Waals surface area (Å²) in [6.45, 7) is 2.47. The summed E-state index contributed by atoms with van der Waals surface area (Å²) in [5.74, 6) is 3.16. The van der Waals surface area contributed by atoms with Gasteiger partial charge in [-0.3, -0.25) is 0 Å². The second-order valence-corrected chi connectivity index (χ2v) is 8.67. The fraction of sp³-hybridized carbons (Fsp3) is 1.00. The largest absolute Gasteiger partial charge is 0.393 e. The van der Waals surface area contributed by atoms with Gasteiger partial charge in [-0.15, -0.1) is 0 Å². The van der Waals surface area contributed by atoms with Crippen molar-refractivity contribution in [2.45, 2.75) is 89.3 Å². The van der Waals surface area contributed by atoms with Crippen molar-refractivity contribution < 1.29 is 5.11 Å². The maximum Gasteiger partial charge on any atom is 0.0541 e. The first-order chi connectivity index (χ1) is 9.63. The third kappa shape index (κ3) is 2.33. The van der Waals surface area contributed by atoms with Gasteiger partial charge >= 0.3 is 0 Å². The Morgan fingerprint density at radius 3 is 1.90 bits per heavy atom. The van der Waals surface area contributed by atoms with Gasteiger partial charge < -0.3 is 10.4 Å². The van der Waals surface area contributed by atoms with Gasteiger partial charge in [0.15, 0.2) is 0 Å². The molecule has 2 nitrogen and oxygen atoms in total. The summed E-state index contributed by atoms with van der Waals surface area (Å²) >= 11 is 0. The highest BCUT2D eigenvalue weighted by molar-refractivity contribution is 5.05. The van der Waals surface area contributed by atoms with Gasteiger partial charge in [0.2, 0.25) is 0 Å². The second-order valence-electron chi connectivity index (χ2n) is 8.67. The average Bonchev–Trinajstić information content (AvgIpc) is 2.40. The van der Waals surface area contributed by atoms with E-state index in [9.17, 15) is 5.11 Å². The number of aliphatic hydroxyl groups is 1. The third-order valence-electron chi connectivity index (χ3n) is 7.19. The Morgan fingerprint density at radius 2 is 1.40 bits per heavy atom. The van der Waals surface area contributed by atoms with Crippen molar-refractivity contribution in [2.75, 3.05) is 0 Å². The van der Waals surface area contributed by atoms with Crippen LogP contribution in [0.2, 0.25) is 0 Å². The van der Waals surface area contributed by atoms with Gasteiger partial charge in [-0.2, -0.15) is 0 Å². The van der Waals surface area contributed by atoms with Crippen LogP contribution in [0.5, 0.6) is 0 Å². The highest BCUT2D eigenvalue weighted by atomic mass is 16.3. The van der Waals surface area contributed by atoms with E-state index in [-0.39, 0.29) is 6.10 Å². The molecular weight excluding hydrogens is 246 g/mol. The Kier molecular flexibility index (Phi) is 3.38. The molecule has 2 N–H and O–H groups in total. The lowest BCUT2D eigenvalue weighted by Crippen LogP contribution is -2.56. The van der Waals surface area contributed by atoms with Crippen molar-refractivity contribution in [1.29, 1.82) is 0 Å². The predicted molar refractivity (Wildman–Crippen MR) is 81.5 cm³/mol. The second kappa shape index (κ2) is 4.98. The van der Waals surface area contributed by atoms with E-state index in [4.69, 9.17) is 0 Å². The van der Waals surface area contributed by atoms with E-state index in [2.05, 4.69) is 12.2 Å². The maximum atomic E-state index is 9.66. The SMILES string of the molecule is CC(NC1CCC(O)CC1)C12CC3CC(CC(C3)C1)C2. The van der Waals surface area contributed by atoms with Crippen molar-refractivity contribution in [3.05, 3.63) is 0 Å². The van der Waals surface area contributed by atoms with Crippen molar-refractivity contribution in [2.24, 2.45) is 23.2 Å². The monoisotopic (exact) mass is 277 g/mol. The minimum absolute atomic E-state index is 0.0251. The minimum Gasteiger partial charge on any atom is -0.393 e. The lowest BCUT2D eigenvalue weighted by Gasteiger charge is -2.59. The van der Waals surface area contributed by atoms with Gasteiger partial charge in [-0.1, -0.05) is 0 Å². The van der Waals surface area contributed by atoms with Crippen LogP contribution in [0.4, 0.5) is 0 Å². The first kappa shape index (κ1) is 13.6. The summed E-state index contributed by atoms with van der Waals surface area (Å²) in [4.78, 5) is 0. The van der Waals surface area contributed by atoms with Crippen LogP contribution in [0.1, 0.15) is 71.1 Å². The lowest BCUT2D eigenvalue weighted by molar-refractivity contribution is -0.0732. The quantitative estimate of drug-likeness (QED) is 0.827. The molecule has 0 radical (unpaired) electrons. The zero-order chi connectivity index (χ0) is 13.7. The fourth-order valence-corrected chi connectivity index (χ4v) is 6.48. The summed E-state index contributed by atoms with van der Waals surface area (Å²) in [5.41, 5.74) is 0.630. The minimum atomic E-state index is -0.0251. The maximum absolute atomic E-state index is 9.66. The van der Waals surface area contributed by atoms with Gasteiger partial charge in [0, 0.05) is 12.1 Å². The molecule has 5 aliphatic rings. The fourth-order valence-electron chi connectivity index (χ4n) is 6.48. The topological polar surface area (TPSA) is 32.3 Å². The van der Waals surface area contributed by atoms with Gasteiger partial charge in [0.25, 0.3) is 0 Å². The van der Waals surface area contributed by atoms with Crippen LogP contribution in [0.25, 0.3) is 0 Å². The Hall–Kier alpha value is -0.0800. The van der Waals surface area contributed by atoms with E-state index in [1.807, 2.05) is 0 Å². The molecule has 4 bridgehead atoms. The predicted octanol–water partition coefficient (Wildman–Crippen LogP) is 3.48. The number of aliphatic hydroxyl groups excluding tert-OH is 1. The molecule has 1 atom stereocenters. The van der Waals surface area contributed by atoms with E-state index < -0.39 is 0 Å². The molecule has 5 saturated carbocycles. The van der Waals surface area contributed by atoms with E-state index in [1.165, 1.54) is 32.1 Å². The average molecular weight is 277 g/mol. The molecule has 0 aromatic carbocycles. The third-order valence-corrected chi connectivity index (χ3v) is 7.19. The van der Waals surface area contributed by atoms with Gasteiger partial charge in [-0.25, -0.2) is 0 Å². The van der Waals surface area contributed by atoms with Gasteiger partial charge in [0.1, 0.15) is 0 Å². The number of hydrogen-bond donors (Lipinski definition) is 2. The molecule has 0 spiro atoms. The summed E-state index contributed by atoms with van der Waals surface area (Å²) in [5, 5.41) is 13.6. The Morgan fingerprint density at radius 1 is 0.900 bits per heavy atom. The zero-order valence-electron chi connectivity index (χ0n) is 13.0. The molecule has 0 aromatic rings. The molecule has 0 amide bonds. The lowest BCUT2D eigenvalue weighted by atomic mass is 9.48. The van der Waals surface area contributed by atoms with Gasteiger partial charge in [0.05, 0.1) is 6.10 Å². The molecule has 5 fully saturated rings. The standard InChI is InChI=1S/C18H31NO/c1-12(19-16-2-4-17(20)5-3-16)18-9-13-6-14(10-18)8-15(7-13)11-18/h12-17,19-20H,2-11H2,1H3. The highest BCUT2D eigenvalue weighted by Crippen LogP contribution is 2.61. The summed E-state index contributed by atoms with van der Waals surface area (Å²) in [7, 11) is 0. The van der Waals surface area contributed by atoms with Crippen LogP contribution in [-0.4, -0.2) is 23.3 Å². The van der Waals surface area contributed by atoms with Crippen LogP contribution < -0.4 is 5.32 Å². The smallest absolute Gasteiger partial charge is 0.0541 e. The van der Waals surface area contributed by atoms with E-state index in [0.29, 0.717) is 17.5 Å². The molecular formula is C18H31NO. The normalized spacial score (nSPS) is 52.2.